The molecule has 3 saturated heterocycles. The molecule has 3 aliphatic rings. The molecule has 0 saturated carbocycles. The molecule has 3 aliphatic heterocycles. The second-order valence-corrected chi connectivity index (χ2v) is 10.8. The Morgan fingerprint density at radius 1 is 0.792 bits per heavy atom. The molecule has 5 rings (SSSR count). The lowest BCUT2D eigenvalue weighted by molar-refractivity contribution is -0.450. The number of anilines is 1. The van der Waals surface area contributed by atoms with Crippen LogP contribution in [0.2, 0.25) is 0 Å². The van der Waals surface area contributed by atoms with Crippen molar-refractivity contribution in [3.63, 3.8) is 0 Å². The Bertz CT molecular complexity index is 1770. The number of aromatic nitrogens is 1. The zero-order valence-corrected chi connectivity index (χ0v) is 22.7. The molecule has 0 radical (unpaired) electrons. The highest BCUT2D eigenvalue weighted by atomic mass is 19.4. The molecule has 0 aliphatic carbocycles. The summed E-state index contributed by atoms with van der Waals surface area (Å²) in [5, 5.41) is 9.47. The van der Waals surface area contributed by atoms with Gasteiger partial charge in [-0.25, -0.2) is 14.7 Å². The van der Waals surface area contributed by atoms with Crippen molar-refractivity contribution in [2.45, 2.75) is 66.3 Å². The molecule has 23 heteroatoms. The van der Waals surface area contributed by atoms with Crippen LogP contribution in [0.3, 0.4) is 0 Å². The summed E-state index contributed by atoms with van der Waals surface area (Å²) in [7, 11) is 0. The predicted molar refractivity (Wildman–Crippen MR) is 125 cm³/mol. The van der Waals surface area contributed by atoms with Crippen molar-refractivity contribution >= 4 is 34.3 Å². The SMILES string of the molecule is N#Cc1ncc(N2C(=O)[C@@H]3C4C[C@H](CN4C(=O)C(F)(F)C(F)(F)C(F)(F)C(F)(F)C(F)(F)C(F)(F)C(F)(F)F)N3C2=O)c2ccccc12. The second-order valence-electron chi connectivity index (χ2n) is 10.8. The molecule has 0 spiro atoms. The molecule has 2 aromatic rings. The van der Waals surface area contributed by atoms with Gasteiger partial charge in [-0.2, -0.15) is 71.1 Å². The van der Waals surface area contributed by atoms with Crippen LogP contribution in [-0.4, -0.2) is 99.0 Å². The average molecular weight is 715 g/mol. The lowest BCUT2D eigenvalue weighted by atomic mass is 9.90. The molecule has 1 unspecified atom stereocenters. The quantitative estimate of drug-likeness (QED) is 0.275. The number of urea groups is 1. The van der Waals surface area contributed by atoms with Gasteiger partial charge in [0.1, 0.15) is 17.8 Å². The first-order valence-corrected chi connectivity index (χ1v) is 12.8. The fourth-order valence-corrected chi connectivity index (χ4v) is 5.84. The molecule has 8 nitrogen and oxygen atoms in total. The number of hydrogen-bond acceptors (Lipinski definition) is 5. The molecular formula is C25H12F15N5O3. The molecule has 2 bridgehead atoms. The Kier molecular flexibility index (Phi) is 7.25. The molecule has 1 aromatic heterocycles. The Morgan fingerprint density at radius 3 is 1.85 bits per heavy atom. The third-order valence-corrected chi connectivity index (χ3v) is 8.24. The summed E-state index contributed by atoms with van der Waals surface area (Å²) in [6.07, 6.45) is -7.56. The number of nitriles is 1. The molecule has 48 heavy (non-hydrogen) atoms. The fourth-order valence-electron chi connectivity index (χ4n) is 5.84. The number of pyridine rings is 1. The summed E-state index contributed by atoms with van der Waals surface area (Å²) in [5.41, 5.74) is -0.460. The maximum absolute atomic E-state index is 14.8. The van der Waals surface area contributed by atoms with E-state index in [0.29, 0.717) is 9.80 Å². The van der Waals surface area contributed by atoms with Gasteiger partial charge in [0, 0.05) is 17.3 Å². The maximum atomic E-state index is 14.8. The number of fused-ring (bicyclic) bond motifs is 6. The van der Waals surface area contributed by atoms with Gasteiger partial charge in [0.25, 0.3) is 11.8 Å². The van der Waals surface area contributed by atoms with Gasteiger partial charge >= 0.3 is 47.7 Å². The largest absolute Gasteiger partial charge is 0.460 e. The number of nitrogens with zero attached hydrogens (tertiary/aromatic N) is 5. The van der Waals surface area contributed by atoms with Gasteiger partial charge in [0.2, 0.25) is 0 Å². The Balaban J connectivity index is 1.47. The number of hydrogen-bond donors (Lipinski definition) is 0. The van der Waals surface area contributed by atoms with Gasteiger partial charge in [0.05, 0.1) is 24.0 Å². The molecule has 3 fully saturated rings. The van der Waals surface area contributed by atoms with Crippen LogP contribution in [0, 0.1) is 11.3 Å². The van der Waals surface area contributed by atoms with E-state index in [1.54, 1.807) is 6.07 Å². The third kappa shape index (κ3) is 4.05. The van der Waals surface area contributed by atoms with Crippen LogP contribution in [0.1, 0.15) is 12.1 Å². The zero-order valence-electron chi connectivity index (χ0n) is 22.7. The Labute approximate surface area is 255 Å². The van der Waals surface area contributed by atoms with Crippen LogP contribution >= 0.6 is 0 Å². The number of imide groups is 1. The number of piperazine rings is 1. The van der Waals surface area contributed by atoms with Gasteiger partial charge < -0.3 is 9.80 Å². The van der Waals surface area contributed by atoms with Gasteiger partial charge in [-0.05, 0) is 6.42 Å². The number of benzene rings is 1. The van der Waals surface area contributed by atoms with Gasteiger partial charge in [0.15, 0.2) is 0 Å². The average Bonchev–Trinajstić information content (AvgIpc) is 3.66. The van der Waals surface area contributed by atoms with Crippen LogP contribution < -0.4 is 4.90 Å². The highest BCUT2D eigenvalue weighted by Crippen LogP contribution is 2.62. The molecule has 260 valence electrons. The number of carbonyl (C=O) groups is 3. The van der Waals surface area contributed by atoms with Gasteiger partial charge in [-0.15, -0.1) is 0 Å². The van der Waals surface area contributed by atoms with E-state index in [2.05, 4.69) is 4.98 Å². The topological polar surface area (TPSA) is 97.6 Å². The van der Waals surface area contributed by atoms with E-state index >= 15 is 0 Å². The van der Waals surface area contributed by atoms with E-state index in [-0.39, 0.29) is 22.2 Å². The normalized spacial score (nSPS) is 22.5. The van der Waals surface area contributed by atoms with E-state index in [1.165, 1.54) is 24.3 Å². The molecular weight excluding hydrogens is 703 g/mol. The minimum atomic E-state index is -8.57. The van der Waals surface area contributed by atoms with Crippen molar-refractivity contribution in [1.29, 1.82) is 5.26 Å². The number of amides is 4. The molecule has 1 aromatic carbocycles. The summed E-state index contributed by atoms with van der Waals surface area (Å²) < 4.78 is 205. The first kappa shape index (κ1) is 34.8. The Morgan fingerprint density at radius 2 is 1.31 bits per heavy atom. The van der Waals surface area contributed by atoms with Crippen molar-refractivity contribution in [2.75, 3.05) is 11.4 Å². The standard InChI is InChI=1S/C25H12F15N5O3/c26-19(27,20(28,29)21(30,31)22(32,33)23(34,35)24(36,37)25(38,39)40)17(47)43-8-9-5-13(43)15-16(46)45(18(48)44(9)15)14-7-42-12(6-41)10-3-1-2-4-11(10)14/h1-4,7,9,13,15H,5,8H2/t9-,13?,15+/m1/s1. The lowest BCUT2D eigenvalue weighted by Crippen LogP contribution is -2.74. The van der Waals surface area contributed by atoms with Gasteiger partial charge in [-0.3, -0.25) is 9.59 Å². The maximum Gasteiger partial charge on any atom is 0.460 e. The summed E-state index contributed by atoms with van der Waals surface area (Å²) >= 11 is 0. The number of likely N-dealkylation sites (tertiary alicyclic amines) is 1. The molecule has 4 amide bonds. The smallest absolute Gasteiger partial charge is 0.330 e. The molecule has 0 N–H and O–H groups in total. The summed E-state index contributed by atoms with van der Waals surface area (Å²) in [5.74, 6) is -53.8. The summed E-state index contributed by atoms with van der Waals surface area (Å²) in [6.45, 7) is -1.25. The lowest BCUT2D eigenvalue weighted by Gasteiger charge is -2.42. The second kappa shape index (κ2) is 10.0. The van der Waals surface area contributed by atoms with Crippen LogP contribution in [-0.2, 0) is 9.59 Å². The minimum Gasteiger partial charge on any atom is -0.330 e. The monoisotopic (exact) mass is 715 g/mol. The highest BCUT2D eigenvalue weighted by molar-refractivity contribution is 6.25. The first-order valence-electron chi connectivity index (χ1n) is 12.8. The summed E-state index contributed by atoms with van der Waals surface area (Å²) in [4.78, 5) is 43.8. The van der Waals surface area contributed by atoms with Crippen molar-refractivity contribution in [2.24, 2.45) is 0 Å². The number of halogens is 15. The number of rotatable bonds is 7. The minimum absolute atomic E-state index is 0.0643. The van der Waals surface area contributed by atoms with E-state index in [0.717, 1.165) is 6.20 Å². The molecule has 4 heterocycles. The van der Waals surface area contributed by atoms with E-state index < -0.39 is 95.5 Å². The number of alkyl halides is 15. The zero-order chi connectivity index (χ0) is 36.4. The van der Waals surface area contributed by atoms with Crippen LogP contribution in [0.5, 0.6) is 0 Å². The van der Waals surface area contributed by atoms with Crippen molar-refractivity contribution in [3.05, 3.63) is 36.2 Å². The van der Waals surface area contributed by atoms with Crippen molar-refractivity contribution in [1.82, 2.24) is 14.8 Å². The van der Waals surface area contributed by atoms with E-state index in [4.69, 9.17) is 0 Å². The summed E-state index contributed by atoms with van der Waals surface area (Å²) in [6, 6.07) is 0.546. The van der Waals surface area contributed by atoms with Gasteiger partial charge in [-0.1, -0.05) is 24.3 Å². The van der Waals surface area contributed by atoms with Crippen molar-refractivity contribution < 1.29 is 80.2 Å². The predicted octanol–water partition coefficient (Wildman–Crippen LogP) is 5.60. The number of carbonyl (C=O) groups excluding carboxylic acids is 3. The van der Waals surface area contributed by atoms with E-state index in [9.17, 15) is 85.5 Å². The van der Waals surface area contributed by atoms with Crippen LogP contribution in [0.15, 0.2) is 30.5 Å². The Hall–Kier alpha value is -4.52. The first-order chi connectivity index (χ1) is 21.7. The van der Waals surface area contributed by atoms with Crippen LogP contribution in [0.4, 0.5) is 76.3 Å². The molecule has 3 atom stereocenters. The fraction of sp³-hybridized carbons (Fsp3) is 0.480. The third-order valence-electron chi connectivity index (χ3n) is 8.24. The highest BCUT2D eigenvalue weighted by Gasteiger charge is 2.94. The van der Waals surface area contributed by atoms with Crippen LogP contribution in [0.25, 0.3) is 10.8 Å². The van der Waals surface area contributed by atoms with Crippen molar-refractivity contribution in [3.8, 4) is 6.07 Å². The van der Waals surface area contributed by atoms with E-state index in [1.807, 2.05) is 0 Å².